The van der Waals surface area contributed by atoms with Gasteiger partial charge in [-0.25, -0.2) is 4.39 Å². The van der Waals surface area contributed by atoms with Crippen LogP contribution in [0.3, 0.4) is 0 Å². The summed E-state index contributed by atoms with van der Waals surface area (Å²) in [5.74, 6) is 0.0564. The zero-order valence-corrected chi connectivity index (χ0v) is 11.9. The summed E-state index contributed by atoms with van der Waals surface area (Å²) < 4.78 is 13.7. The molecule has 3 atom stereocenters. The average Bonchev–Trinajstić information content (AvgIpc) is 3.29. The van der Waals surface area contributed by atoms with Crippen LogP contribution in [0.2, 0.25) is 0 Å². The zero-order chi connectivity index (χ0) is 14.8. The molecule has 1 aliphatic carbocycles. The summed E-state index contributed by atoms with van der Waals surface area (Å²) in [4.78, 5) is 12.3. The third-order valence-electron chi connectivity index (χ3n) is 4.09. The molecule has 0 bridgehead atoms. The van der Waals surface area contributed by atoms with E-state index in [1.165, 1.54) is 11.6 Å². The zero-order valence-electron chi connectivity index (χ0n) is 11.9. The number of carbonyl (C=O) groups is 1. The summed E-state index contributed by atoms with van der Waals surface area (Å²) in [6.45, 7) is 1.82. The van der Waals surface area contributed by atoms with Gasteiger partial charge in [0.1, 0.15) is 5.82 Å². The van der Waals surface area contributed by atoms with Crippen molar-refractivity contribution in [3.63, 3.8) is 0 Å². The van der Waals surface area contributed by atoms with E-state index in [1.807, 2.05) is 25.1 Å². The van der Waals surface area contributed by atoms with Crippen molar-refractivity contribution in [3.8, 4) is 0 Å². The number of nitrogens with one attached hydrogen (secondary N) is 1. The van der Waals surface area contributed by atoms with Gasteiger partial charge in [-0.2, -0.15) is 0 Å². The molecule has 3 rings (SSSR count). The maximum atomic E-state index is 13.7. The molecule has 1 N–H and O–H groups in total. The van der Waals surface area contributed by atoms with Crippen molar-refractivity contribution in [2.75, 3.05) is 0 Å². The minimum absolute atomic E-state index is 0.0135. The first-order valence-corrected chi connectivity index (χ1v) is 7.26. The Morgan fingerprint density at radius 1 is 1.14 bits per heavy atom. The number of amides is 1. The second-order valence-electron chi connectivity index (χ2n) is 5.61. The molecule has 0 heterocycles. The van der Waals surface area contributed by atoms with Crippen LogP contribution < -0.4 is 5.32 Å². The molecule has 1 amide bonds. The second kappa shape index (κ2) is 5.68. The molecule has 2 aromatic carbocycles. The fraction of sp³-hybridized carbons (Fsp3) is 0.278. The molecular weight excluding hydrogens is 265 g/mol. The van der Waals surface area contributed by atoms with Crippen molar-refractivity contribution >= 4 is 5.91 Å². The Labute approximate surface area is 124 Å². The number of rotatable bonds is 4. The van der Waals surface area contributed by atoms with E-state index in [9.17, 15) is 9.18 Å². The van der Waals surface area contributed by atoms with Crippen LogP contribution in [-0.4, -0.2) is 5.91 Å². The molecule has 0 aliphatic heterocycles. The normalized spacial score (nSPS) is 21.6. The first-order chi connectivity index (χ1) is 10.2. The standard InChI is InChI=1S/C18H18FNO/c1-12(14-9-5-6-10-17(14)19)20-18(21)16-11-15(16)13-7-3-2-4-8-13/h2-10,12,15-16H,11H2,1H3,(H,20,21)/t12-,15+,16-/m0/s1. The number of hydrogen-bond donors (Lipinski definition) is 1. The fourth-order valence-corrected chi connectivity index (χ4v) is 2.78. The second-order valence-corrected chi connectivity index (χ2v) is 5.61. The Balaban J connectivity index is 1.62. The van der Waals surface area contributed by atoms with Crippen molar-refractivity contribution in [2.24, 2.45) is 5.92 Å². The molecule has 1 aliphatic rings. The van der Waals surface area contributed by atoms with Crippen LogP contribution >= 0.6 is 0 Å². The van der Waals surface area contributed by atoms with Gasteiger partial charge < -0.3 is 5.32 Å². The Kier molecular flexibility index (Phi) is 3.74. The quantitative estimate of drug-likeness (QED) is 0.908. The van der Waals surface area contributed by atoms with Gasteiger partial charge >= 0.3 is 0 Å². The molecule has 108 valence electrons. The topological polar surface area (TPSA) is 29.1 Å². The summed E-state index contributed by atoms with van der Waals surface area (Å²) in [6, 6.07) is 16.3. The van der Waals surface area contributed by atoms with Crippen LogP contribution in [0.5, 0.6) is 0 Å². The molecule has 0 saturated heterocycles. The van der Waals surface area contributed by atoms with E-state index in [4.69, 9.17) is 0 Å². The monoisotopic (exact) mass is 283 g/mol. The minimum atomic E-state index is -0.310. The smallest absolute Gasteiger partial charge is 0.224 e. The van der Waals surface area contributed by atoms with E-state index in [0.29, 0.717) is 11.5 Å². The Bertz CT molecular complexity index is 641. The molecule has 2 nitrogen and oxygen atoms in total. The van der Waals surface area contributed by atoms with Gasteiger partial charge in [-0.3, -0.25) is 4.79 Å². The summed E-state index contributed by atoms with van der Waals surface area (Å²) in [5.41, 5.74) is 1.74. The van der Waals surface area contributed by atoms with Crippen LogP contribution in [0.4, 0.5) is 4.39 Å². The molecule has 2 aromatic rings. The summed E-state index contributed by atoms with van der Waals surface area (Å²) in [5, 5.41) is 2.92. The number of carbonyl (C=O) groups excluding carboxylic acids is 1. The van der Waals surface area contributed by atoms with Crippen molar-refractivity contribution in [1.29, 1.82) is 0 Å². The Hall–Kier alpha value is -2.16. The molecule has 0 unspecified atom stereocenters. The van der Waals surface area contributed by atoms with Crippen molar-refractivity contribution < 1.29 is 9.18 Å². The summed E-state index contributed by atoms with van der Waals surface area (Å²) in [6.07, 6.45) is 0.875. The fourth-order valence-electron chi connectivity index (χ4n) is 2.78. The third-order valence-corrected chi connectivity index (χ3v) is 4.09. The highest BCUT2D eigenvalue weighted by molar-refractivity contribution is 5.83. The first-order valence-electron chi connectivity index (χ1n) is 7.26. The van der Waals surface area contributed by atoms with Gasteiger partial charge in [-0.1, -0.05) is 48.5 Å². The van der Waals surface area contributed by atoms with Crippen LogP contribution in [-0.2, 0) is 4.79 Å². The Morgan fingerprint density at radius 3 is 2.52 bits per heavy atom. The van der Waals surface area contributed by atoms with Gasteiger partial charge in [0.15, 0.2) is 0 Å². The van der Waals surface area contributed by atoms with E-state index >= 15 is 0 Å². The van der Waals surface area contributed by atoms with E-state index in [0.717, 1.165) is 6.42 Å². The van der Waals surface area contributed by atoms with Gasteiger partial charge in [0.2, 0.25) is 5.91 Å². The van der Waals surface area contributed by atoms with Gasteiger partial charge in [0, 0.05) is 11.5 Å². The third kappa shape index (κ3) is 2.97. The first kappa shape index (κ1) is 13.8. The summed E-state index contributed by atoms with van der Waals surface area (Å²) >= 11 is 0. The van der Waals surface area contributed by atoms with Gasteiger partial charge in [-0.05, 0) is 30.9 Å². The SMILES string of the molecule is C[C@H](NC(=O)[C@H]1C[C@@H]1c1ccccc1)c1ccccc1F. The highest BCUT2D eigenvalue weighted by Crippen LogP contribution is 2.47. The van der Waals surface area contributed by atoms with E-state index in [-0.39, 0.29) is 23.7 Å². The Morgan fingerprint density at radius 2 is 1.81 bits per heavy atom. The molecule has 3 heteroatoms. The predicted molar refractivity (Wildman–Crippen MR) is 80.2 cm³/mol. The predicted octanol–water partition coefficient (Wildman–Crippen LogP) is 3.81. The maximum Gasteiger partial charge on any atom is 0.224 e. The van der Waals surface area contributed by atoms with Crippen molar-refractivity contribution in [2.45, 2.75) is 25.3 Å². The lowest BCUT2D eigenvalue weighted by atomic mass is 10.1. The molecule has 0 aromatic heterocycles. The van der Waals surface area contributed by atoms with Gasteiger partial charge in [0.25, 0.3) is 0 Å². The maximum absolute atomic E-state index is 13.7. The van der Waals surface area contributed by atoms with Crippen LogP contribution in [0.1, 0.15) is 36.4 Å². The van der Waals surface area contributed by atoms with Crippen molar-refractivity contribution in [1.82, 2.24) is 5.32 Å². The lowest BCUT2D eigenvalue weighted by Gasteiger charge is -2.15. The molecule has 21 heavy (non-hydrogen) atoms. The molecule has 1 fully saturated rings. The number of halogens is 1. The number of benzene rings is 2. The molecule has 0 spiro atoms. The highest BCUT2D eigenvalue weighted by Gasteiger charge is 2.44. The molecule has 0 radical (unpaired) electrons. The van der Waals surface area contributed by atoms with Crippen LogP contribution in [0, 0.1) is 11.7 Å². The van der Waals surface area contributed by atoms with E-state index in [2.05, 4.69) is 17.4 Å². The minimum Gasteiger partial charge on any atom is -0.349 e. The molecular formula is C18H18FNO. The summed E-state index contributed by atoms with van der Waals surface area (Å²) in [7, 11) is 0. The number of hydrogen-bond acceptors (Lipinski definition) is 1. The lowest BCUT2D eigenvalue weighted by molar-refractivity contribution is -0.123. The van der Waals surface area contributed by atoms with Crippen LogP contribution in [0.15, 0.2) is 54.6 Å². The van der Waals surface area contributed by atoms with Gasteiger partial charge in [-0.15, -0.1) is 0 Å². The van der Waals surface area contributed by atoms with Crippen LogP contribution in [0.25, 0.3) is 0 Å². The van der Waals surface area contributed by atoms with E-state index in [1.54, 1.807) is 18.2 Å². The highest BCUT2D eigenvalue weighted by atomic mass is 19.1. The van der Waals surface area contributed by atoms with Gasteiger partial charge in [0.05, 0.1) is 6.04 Å². The largest absolute Gasteiger partial charge is 0.349 e. The van der Waals surface area contributed by atoms with E-state index < -0.39 is 0 Å². The average molecular weight is 283 g/mol. The van der Waals surface area contributed by atoms with Crippen molar-refractivity contribution in [3.05, 3.63) is 71.5 Å². The lowest BCUT2D eigenvalue weighted by Crippen LogP contribution is -2.28. The molecule has 1 saturated carbocycles.